The third-order valence-electron chi connectivity index (χ3n) is 2.07. The Morgan fingerprint density at radius 1 is 1.57 bits per heavy atom. The Bertz CT molecular complexity index is 408. The molecule has 0 aliphatic carbocycles. The Labute approximate surface area is 94.3 Å². The fourth-order valence-electron chi connectivity index (χ4n) is 1.44. The molecule has 0 bridgehead atoms. The summed E-state index contributed by atoms with van der Waals surface area (Å²) in [6.07, 6.45) is 0.170. The predicted molar refractivity (Wildman–Crippen MR) is 56.3 cm³/mol. The van der Waals surface area contributed by atoms with Crippen molar-refractivity contribution >= 4 is 33.5 Å². The molecule has 0 fully saturated rings. The summed E-state index contributed by atoms with van der Waals surface area (Å²) in [7, 11) is 0. The maximum Gasteiger partial charge on any atom is 0.313 e. The van der Waals surface area contributed by atoms with Crippen molar-refractivity contribution in [2.24, 2.45) is 5.73 Å². The summed E-state index contributed by atoms with van der Waals surface area (Å²) in [6.45, 7) is 0. The van der Waals surface area contributed by atoms with E-state index < -0.39 is 0 Å². The van der Waals surface area contributed by atoms with Crippen molar-refractivity contribution < 1.29 is 9.53 Å². The van der Waals surface area contributed by atoms with Gasteiger partial charge in [0.25, 0.3) is 0 Å². The second kappa shape index (κ2) is 3.53. The highest BCUT2D eigenvalue weighted by Crippen LogP contribution is 2.41. The van der Waals surface area contributed by atoms with Gasteiger partial charge < -0.3 is 10.5 Å². The smallest absolute Gasteiger partial charge is 0.313 e. The van der Waals surface area contributed by atoms with Gasteiger partial charge in [-0.05, 0) is 28.1 Å². The predicted octanol–water partition coefficient (Wildman–Crippen LogP) is 2.41. The summed E-state index contributed by atoms with van der Waals surface area (Å²) in [4.78, 5) is 11.1. The summed E-state index contributed by atoms with van der Waals surface area (Å²) in [5.74, 6) is 0.120. The van der Waals surface area contributed by atoms with Gasteiger partial charge in [0.15, 0.2) is 5.75 Å². The van der Waals surface area contributed by atoms with E-state index in [1.807, 2.05) is 0 Å². The van der Waals surface area contributed by atoms with Crippen LogP contribution < -0.4 is 10.5 Å². The van der Waals surface area contributed by atoms with Gasteiger partial charge in [-0.2, -0.15) is 0 Å². The van der Waals surface area contributed by atoms with Crippen molar-refractivity contribution in [3.63, 3.8) is 0 Å². The minimum absolute atomic E-state index is 0.170. The number of rotatable bonds is 0. The van der Waals surface area contributed by atoms with Crippen molar-refractivity contribution in [1.29, 1.82) is 0 Å². The molecular formula is C9H7BrClNO2. The Balaban J connectivity index is 2.63. The van der Waals surface area contributed by atoms with Crippen molar-refractivity contribution in [3.05, 3.63) is 27.2 Å². The first-order chi connectivity index (χ1) is 6.59. The fourth-order valence-corrected chi connectivity index (χ4v) is 2.15. The molecule has 1 aliphatic heterocycles. The van der Waals surface area contributed by atoms with Crippen LogP contribution in [0.15, 0.2) is 16.6 Å². The molecule has 74 valence electrons. The van der Waals surface area contributed by atoms with E-state index in [1.165, 1.54) is 0 Å². The molecule has 2 N–H and O–H groups in total. The number of fused-ring (bicyclic) bond motifs is 1. The molecule has 1 aliphatic rings. The molecule has 0 radical (unpaired) electrons. The van der Waals surface area contributed by atoms with Crippen LogP contribution in [0, 0.1) is 0 Å². The van der Waals surface area contributed by atoms with E-state index in [1.54, 1.807) is 12.1 Å². The van der Waals surface area contributed by atoms with Crippen molar-refractivity contribution in [2.45, 2.75) is 12.5 Å². The van der Waals surface area contributed by atoms with Crippen molar-refractivity contribution in [3.8, 4) is 5.75 Å². The van der Waals surface area contributed by atoms with Crippen LogP contribution in [-0.4, -0.2) is 5.97 Å². The lowest BCUT2D eigenvalue weighted by molar-refractivity contribution is -0.135. The lowest BCUT2D eigenvalue weighted by Crippen LogP contribution is -2.25. The zero-order chi connectivity index (χ0) is 10.3. The summed E-state index contributed by atoms with van der Waals surface area (Å²) in [5.41, 5.74) is 6.50. The van der Waals surface area contributed by atoms with E-state index in [0.717, 1.165) is 0 Å². The molecule has 0 amide bonds. The highest BCUT2D eigenvalue weighted by atomic mass is 79.9. The Hall–Kier alpha value is -0.580. The lowest BCUT2D eigenvalue weighted by atomic mass is 10.0. The highest BCUT2D eigenvalue weighted by molar-refractivity contribution is 9.10. The first-order valence-electron chi connectivity index (χ1n) is 4.03. The van der Waals surface area contributed by atoms with Gasteiger partial charge in [0.1, 0.15) is 0 Å². The van der Waals surface area contributed by atoms with Crippen LogP contribution in [-0.2, 0) is 4.79 Å². The second-order valence-electron chi connectivity index (χ2n) is 3.06. The number of esters is 1. The van der Waals surface area contributed by atoms with Crippen LogP contribution in [0.5, 0.6) is 5.75 Å². The van der Waals surface area contributed by atoms with Crippen LogP contribution in [0.25, 0.3) is 0 Å². The first-order valence-corrected chi connectivity index (χ1v) is 5.21. The third-order valence-corrected chi connectivity index (χ3v) is 3.02. The topological polar surface area (TPSA) is 52.3 Å². The Morgan fingerprint density at radius 3 is 3.00 bits per heavy atom. The van der Waals surface area contributed by atoms with Crippen LogP contribution in [0.1, 0.15) is 18.0 Å². The number of ether oxygens (including phenoxy) is 1. The van der Waals surface area contributed by atoms with E-state index in [0.29, 0.717) is 20.8 Å². The summed E-state index contributed by atoms with van der Waals surface area (Å²) in [6, 6.07) is 3.08. The average molecular weight is 277 g/mol. The summed E-state index contributed by atoms with van der Waals surface area (Å²) >= 11 is 9.24. The van der Waals surface area contributed by atoms with Crippen LogP contribution >= 0.6 is 27.5 Å². The van der Waals surface area contributed by atoms with Gasteiger partial charge in [0.05, 0.1) is 10.9 Å². The van der Waals surface area contributed by atoms with Gasteiger partial charge in [0.2, 0.25) is 0 Å². The van der Waals surface area contributed by atoms with Gasteiger partial charge >= 0.3 is 5.97 Å². The van der Waals surface area contributed by atoms with Gasteiger partial charge in [-0.25, -0.2) is 0 Å². The van der Waals surface area contributed by atoms with Gasteiger partial charge in [0, 0.05) is 16.6 Å². The molecule has 0 saturated heterocycles. The van der Waals surface area contributed by atoms with E-state index in [2.05, 4.69) is 15.9 Å². The molecule has 1 aromatic rings. The van der Waals surface area contributed by atoms with Gasteiger partial charge in [-0.1, -0.05) is 11.6 Å². The molecule has 0 aromatic heterocycles. The normalized spacial score (nSPS) is 20.2. The number of nitrogens with two attached hydrogens (primary N) is 1. The maximum absolute atomic E-state index is 11.1. The molecule has 14 heavy (non-hydrogen) atoms. The SMILES string of the molecule is NC1CC(=O)Oc2c(Br)ccc(Cl)c21. The van der Waals surface area contributed by atoms with E-state index >= 15 is 0 Å². The minimum Gasteiger partial charge on any atom is -0.425 e. The van der Waals surface area contributed by atoms with Crippen LogP contribution in [0.3, 0.4) is 0 Å². The fraction of sp³-hybridized carbons (Fsp3) is 0.222. The number of hydrogen-bond acceptors (Lipinski definition) is 3. The quantitative estimate of drug-likeness (QED) is 0.585. The zero-order valence-electron chi connectivity index (χ0n) is 7.09. The highest BCUT2D eigenvalue weighted by Gasteiger charge is 2.28. The van der Waals surface area contributed by atoms with E-state index in [-0.39, 0.29) is 18.4 Å². The monoisotopic (exact) mass is 275 g/mol. The molecule has 0 spiro atoms. The molecule has 0 saturated carbocycles. The Morgan fingerprint density at radius 2 is 2.29 bits per heavy atom. The molecule has 1 heterocycles. The largest absolute Gasteiger partial charge is 0.425 e. The molecule has 2 rings (SSSR count). The molecule has 3 nitrogen and oxygen atoms in total. The Kier molecular flexibility index (Phi) is 2.51. The molecule has 5 heteroatoms. The number of benzene rings is 1. The molecular weight excluding hydrogens is 269 g/mol. The van der Waals surface area contributed by atoms with Gasteiger partial charge in [-0.3, -0.25) is 4.79 Å². The van der Waals surface area contributed by atoms with Gasteiger partial charge in [-0.15, -0.1) is 0 Å². The second-order valence-corrected chi connectivity index (χ2v) is 4.32. The maximum atomic E-state index is 11.1. The van der Waals surface area contributed by atoms with Crippen molar-refractivity contribution in [1.82, 2.24) is 0 Å². The standard InChI is InChI=1S/C9H7BrClNO2/c10-4-1-2-5(11)8-6(12)3-7(13)14-9(4)8/h1-2,6H,3,12H2. The first kappa shape index (κ1) is 9.96. The third kappa shape index (κ3) is 1.54. The molecule has 1 aromatic carbocycles. The van der Waals surface area contributed by atoms with E-state index in [4.69, 9.17) is 22.1 Å². The van der Waals surface area contributed by atoms with Crippen LogP contribution in [0.2, 0.25) is 5.02 Å². The minimum atomic E-state index is -0.378. The zero-order valence-corrected chi connectivity index (χ0v) is 9.43. The summed E-state index contributed by atoms with van der Waals surface area (Å²) in [5, 5.41) is 0.531. The molecule has 1 unspecified atom stereocenters. The number of carbonyl (C=O) groups is 1. The average Bonchev–Trinajstić information content (AvgIpc) is 2.10. The van der Waals surface area contributed by atoms with Crippen molar-refractivity contribution in [2.75, 3.05) is 0 Å². The number of halogens is 2. The molecule has 1 atom stereocenters. The lowest BCUT2D eigenvalue weighted by Gasteiger charge is -2.23. The number of hydrogen-bond donors (Lipinski definition) is 1. The van der Waals surface area contributed by atoms with E-state index in [9.17, 15) is 4.79 Å². The number of carbonyl (C=O) groups excluding carboxylic acids is 1. The summed E-state index contributed by atoms with van der Waals surface area (Å²) < 4.78 is 5.76. The van der Waals surface area contributed by atoms with Crippen LogP contribution in [0.4, 0.5) is 0 Å².